The summed E-state index contributed by atoms with van der Waals surface area (Å²) in [6.07, 6.45) is 3.37. The van der Waals surface area contributed by atoms with E-state index in [1.54, 1.807) is 24.3 Å². The van der Waals surface area contributed by atoms with Gasteiger partial charge in [-0.15, -0.1) is 0 Å². The number of carbonyl (C=O) groups excluding carboxylic acids is 2. The molecule has 1 aliphatic heterocycles. The van der Waals surface area contributed by atoms with Crippen molar-refractivity contribution in [2.45, 2.75) is 13.8 Å². The van der Waals surface area contributed by atoms with Crippen LogP contribution in [0.1, 0.15) is 27.0 Å². The summed E-state index contributed by atoms with van der Waals surface area (Å²) >= 11 is 0. The number of nitrogens with one attached hydrogen (secondary N) is 1. The van der Waals surface area contributed by atoms with E-state index in [4.69, 9.17) is 4.74 Å². The Labute approximate surface area is 134 Å². The van der Waals surface area contributed by atoms with Crippen LogP contribution >= 0.6 is 0 Å². The highest BCUT2D eigenvalue weighted by atomic mass is 16.5. The summed E-state index contributed by atoms with van der Waals surface area (Å²) < 4.78 is 5.29. The molecule has 1 N–H and O–H groups in total. The molecule has 4 nitrogen and oxygen atoms in total. The highest BCUT2D eigenvalue weighted by molar-refractivity contribution is 6.08. The molecule has 0 aromatic heterocycles. The minimum atomic E-state index is -0.215. The Morgan fingerprint density at radius 2 is 2.00 bits per heavy atom. The monoisotopic (exact) mass is 307 g/mol. The zero-order chi connectivity index (χ0) is 16.4. The van der Waals surface area contributed by atoms with E-state index >= 15 is 0 Å². The first-order valence-electron chi connectivity index (χ1n) is 7.39. The van der Waals surface area contributed by atoms with Crippen molar-refractivity contribution in [3.8, 4) is 5.75 Å². The van der Waals surface area contributed by atoms with E-state index in [9.17, 15) is 9.59 Å². The van der Waals surface area contributed by atoms with Gasteiger partial charge < -0.3 is 10.1 Å². The predicted octanol–water partition coefficient (Wildman–Crippen LogP) is 3.53. The molecule has 1 aliphatic rings. The summed E-state index contributed by atoms with van der Waals surface area (Å²) in [6.45, 7) is 4.03. The van der Waals surface area contributed by atoms with E-state index in [-0.39, 0.29) is 18.3 Å². The molecule has 2 aromatic carbocycles. The fourth-order valence-corrected chi connectivity index (χ4v) is 2.44. The molecule has 0 atom stereocenters. The lowest BCUT2D eigenvalue weighted by Crippen LogP contribution is -2.25. The van der Waals surface area contributed by atoms with Crippen LogP contribution in [0.2, 0.25) is 0 Å². The third kappa shape index (κ3) is 3.31. The molecule has 4 heteroatoms. The Morgan fingerprint density at radius 3 is 2.83 bits per heavy atom. The van der Waals surface area contributed by atoms with Crippen molar-refractivity contribution < 1.29 is 14.3 Å². The summed E-state index contributed by atoms with van der Waals surface area (Å²) in [5.41, 5.74) is 4.33. The minimum absolute atomic E-state index is 0.00678. The highest BCUT2D eigenvalue weighted by Gasteiger charge is 2.17. The lowest BCUT2D eigenvalue weighted by molar-refractivity contribution is -0.118. The van der Waals surface area contributed by atoms with Crippen LogP contribution in [0.5, 0.6) is 5.75 Å². The number of allylic oxidation sites excluding steroid dienone is 1. The molecule has 0 saturated heterocycles. The van der Waals surface area contributed by atoms with Gasteiger partial charge in [-0.05, 0) is 49.2 Å². The van der Waals surface area contributed by atoms with Gasteiger partial charge in [0.05, 0.1) is 5.69 Å². The number of ketones is 1. The first-order valence-corrected chi connectivity index (χ1v) is 7.39. The zero-order valence-electron chi connectivity index (χ0n) is 13.1. The number of hydrogen-bond donors (Lipinski definition) is 1. The van der Waals surface area contributed by atoms with Crippen molar-refractivity contribution in [2.24, 2.45) is 0 Å². The molecular weight excluding hydrogens is 290 g/mol. The summed E-state index contributed by atoms with van der Waals surface area (Å²) in [7, 11) is 0. The van der Waals surface area contributed by atoms with Gasteiger partial charge in [0.1, 0.15) is 5.75 Å². The number of hydrogen-bond acceptors (Lipinski definition) is 3. The number of rotatable bonds is 3. The van der Waals surface area contributed by atoms with Gasteiger partial charge in [0.25, 0.3) is 5.91 Å². The Balaban J connectivity index is 1.83. The SMILES string of the molecule is Cc1ccc(C)c(/C=C/C(=O)c2ccc3c(c2)NC(=O)CO3)c1. The Morgan fingerprint density at radius 1 is 1.17 bits per heavy atom. The third-order valence-corrected chi connectivity index (χ3v) is 3.75. The molecule has 0 fully saturated rings. The second-order valence-corrected chi connectivity index (χ2v) is 5.61. The van der Waals surface area contributed by atoms with Crippen LogP contribution in [0.4, 0.5) is 5.69 Å². The van der Waals surface area contributed by atoms with Crippen molar-refractivity contribution in [1.29, 1.82) is 0 Å². The molecule has 23 heavy (non-hydrogen) atoms. The Kier molecular flexibility index (Phi) is 3.98. The standard InChI is InChI=1S/C19H17NO3/c1-12-3-4-13(2)14(9-12)5-7-17(21)15-6-8-18-16(10-15)20-19(22)11-23-18/h3-10H,11H2,1-2H3,(H,20,22)/b7-5+. The lowest BCUT2D eigenvalue weighted by atomic mass is 10.0. The molecule has 116 valence electrons. The third-order valence-electron chi connectivity index (χ3n) is 3.75. The molecule has 0 spiro atoms. The van der Waals surface area contributed by atoms with E-state index in [1.165, 1.54) is 0 Å². The second kappa shape index (κ2) is 6.08. The number of benzene rings is 2. The lowest BCUT2D eigenvalue weighted by Gasteiger charge is -2.17. The number of anilines is 1. The van der Waals surface area contributed by atoms with E-state index in [0.29, 0.717) is 17.0 Å². The van der Waals surface area contributed by atoms with Gasteiger partial charge in [0.2, 0.25) is 0 Å². The maximum atomic E-state index is 12.3. The number of fused-ring (bicyclic) bond motifs is 1. The Hall–Kier alpha value is -2.88. The normalized spacial score (nSPS) is 13.4. The molecule has 1 amide bonds. The van der Waals surface area contributed by atoms with Crippen LogP contribution in [0.25, 0.3) is 6.08 Å². The smallest absolute Gasteiger partial charge is 0.262 e. The van der Waals surface area contributed by atoms with Crippen molar-refractivity contribution in [2.75, 3.05) is 11.9 Å². The van der Waals surface area contributed by atoms with E-state index < -0.39 is 0 Å². The first-order chi connectivity index (χ1) is 11.0. The van der Waals surface area contributed by atoms with Gasteiger partial charge in [-0.1, -0.05) is 29.8 Å². The molecule has 0 bridgehead atoms. The number of carbonyl (C=O) groups is 2. The Bertz CT molecular complexity index is 821. The van der Waals surface area contributed by atoms with Gasteiger partial charge >= 0.3 is 0 Å². The largest absolute Gasteiger partial charge is 0.482 e. The van der Waals surface area contributed by atoms with Crippen LogP contribution in [-0.2, 0) is 4.79 Å². The minimum Gasteiger partial charge on any atom is -0.482 e. The van der Waals surface area contributed by atoms with Crippen molar-refractivity contribution >= 4 is 23.5 Å². The fourth-order valence-electron chi connectivity index (χ4n) is 2.44. The number of ether oxygens (including phenoxy) is 1. The van der Waals surface area contributed by atoms with Crippen molar-refractivity contribution in [3.05, 3.63) is 64.7 Å². The molecule has 0 aliphatic carbocycles. The number of amides is 1. The molecular formula is C19H17NO3. The fraction of sp³-hybridized carbons (Fsp3) is 0.158. The van der Waals surface area contributed by atoms with Crippen LogP contribution in [0, 0.1) is 13.8 Å². The molecule has 3 rings (SSSR count). The van der Waals surface area contributed by atoms with Gasteiger partial charge in [-0.3, -0.25) is 9.59 Å². The highest BCUT2D eigenvalue weighted by Crippen LogP contribution is 2.28. The summed E-state index contributed by atoms with van der Waals surface area (Å²) in [4.78, 5) is 23.7. The quantitative estimate of drug-likeness (QED) is 0.697. The van der Waals surface area contributed by atoms with E-state index in [2.05, 4.69) is 5.32 Å². The maximum absolute atomic E-state index is 12.3. The summed E-state index contributed by atoms with van der Waals surface area (Å²) in [6, 6.07) is 11.2. The van der Waals surface area contributed by atoms with E-state index in [0.717, 1.165) is 16.7 Å². The van der Waals surface area contributed by atoms with Crippen LogP contribution in [-0.4, -0.2) is 18.3 Å². The number of aryl methyl sites for hydroxylation is 2. The molecule has 1 heterocycles. The van der Waals surface area contributed by atoms with Gasteiger partial charge in [0, 0.05) is 5.56 Å². The maximum Gasteiger partial charge on any atom is 0.262 e. The molecule has 2 aromatic rings. The van der Waals surface area contributed by atoms with Gasteiger partial charge in [-0.25, -0.2) is 0 Å². The van der Waals surface area contributed by atoms with Crippen LogP contribution in [0.15, 0.2) is 42.5 Å². The van der Waals surface area contributed by atoms with Crippen LogP contribution < -0.4 is 10.1 Å². The predicted molar refractivity (Wildman–Crippen MR) is 89.8 cm³/mol. The van der Waals surface area contributed by atoms with Crippen molar-refractivity contribution in [1.82, 2.24) is 0 Å². The van der Waals surface area contributed by atoms with Crippen molar-refractivity contribution in [3.63, 3.8) is 0 Å². The average molecular weight is 307 g/mol. The van der Waals surface area contributed by atoms with Crippen LogP contribution in [0.3, 0.4) is 0 Å². The van der Waals surface area contributed by atoms with Gasteiger partial charge in [-0.2, -0.15) is 0 Å². The topological polar surface area (TPSA) is 55.4 Å². The molecule has 0 radical (unpaired) electrons. The zero-order valence-corrected chi connectivity index (χ0v) is 13.1. The van der Waals surface area contributed by atoms with E-state index in [1.807, 2.05) is 38.1 Å². The first kappa shape index (κ1) is 15.0. The molecule has 0 saturated carbocycles. The summed E-state index contributed by atoms with van der Waals surface area (Å²) in [5.74, 6) is 0.251. The average Bonchev–Trinajstić information content (AvgIpc) is 2.54. The second-order valence-electron chi connectivity index (χ2n) is 5.61. The summed E-state index contributed by atoms with van der Waals surface area (Å²) in [5, 5.41) is 2.71. The molecule has 0 unspecified atom stereocenters. The van der Waals surface area contributed by atoms with Gasteiger partial charge in [0.15, 0.2) is 12.4 Å².